The molecule has 4 atom stereocenters. The Morgan fingerprint density at radius 3 is 2.42 bits per heavy atom. The van der Waals surface area contributed by atoms with E-state index in [1.165, 1.54) is 6.42 Å². The van der Waals surface area contributed by atoms with Gasteiger partial charge in [0.25, 0.3) is 5.91 Å². The maximum Gasteiger partial charge on any atom is 0.347 e. The molecule has 0 aromatic heterocycles. The molecule has 1 aromatic carbocycles. The number of nitriles is 1. The van der Waals surface area contributed by atoms with E-state index >= 15 is 0 Å². The summed E-state index contributed by atoms with van der Waals surface area (Å²) in [6, 6.07) is 8.60. The van der Waals surface area contributed by atoms with Gasteiger partial charge in [-0.15, -0.1) is 0 Å². The molecule has 1 aromatic rings. The van der Waals surface area contributed by atoms with Crippen LogP contribution in [-0.4, -0.2) is 30.1 Å². The number of hydrogen-bond donors (Lipinski definition) is 1. The Balaban J connectivity index is 1.82. The molecular formula is C20H26N2O4. The first-order chi connectivity index (χ1) is 12.4. The predicted molar refractivity (Wildman–Crippen MR) is 96.4 cm³/mol. The van der Waals surface area contributed by atoms with Crippen molar-refractivity contribution in [2.45, 2.75) is 64.7 Å². The Hall–Kier alpha value is -2.55. The summed E-state index contributed by atoms with van der Waals surface area (Å²) in [6.07, 6.45) is 2.65. The third kappa shape index (κ3) is 5.48. The standard InChI is InChI=1S/C20H26N2O4/c1-13-6-4-5-7-18(13)22-19(23)14(2)26-20(24)15(3)25-17-10-8-16(12-21)9-11-17/h8-11,13-15,18H,4-7H2,1-3H3,(H,22,23)/t13-,14-,15-,18-/m1/s1. The maximum atomic E-state index is 12.3. The highest BCUT2D eigenvalue weighted by Crippen LogP contribution is 2.23. The number of nitrogens with zero attached hydrogens (tertiary/aromatic N) is 1. The lowest BCUT2D eigenvalue weighted by molar-refractivity contribution is -0.161. The number of ether oxygens (including phenoxy) is 2. The minimum atomic E-state index is -0.872. The summed E-state index contributed by atoms with van der Waals surface area (Å²) in [6.45, 7) is 5.26. The van der Waals surface area contributed by atoms with Gasteiger partial charge in [-0.3, -0.25) is 4.79 Å². The van der Waals surface area contributed by atoms with Crippen LogP contribution in [0.1, 0.15) is 52.0 Å². The molecule has 140 valence electrons. The van der Waals surface area contributed by atoms with E-state index in [9.17, 15) is 9.59 Å². The number of benzene rings is 1. The molecule has 6 heteroatoms. The minimum absolute atomic E-state index is 0.143. The molecule has 2 rings (SSSR count). The number of amides is 1. The molecule has 1 saturated carbocycles. The van der Waals surface area contributed by atoms with Crippen LogP contribution in [0.15, 0.2) is 24.3 Å². The van der Waals surface area contributed by atoms with E-state index in [1.807, 2.05) is 6.07 Å². The predicted octanol–water partition coefficient (Wildman–Crippen LogP) is 2.95. The normalized spacial score (nSPS) is 21.8. The monoisotopic (exact) mass is 358 g/mol. The van der Waals surface area contributed by atoms with Gasteiger partial charge in [-0.05, 0) is 56.9 Å². The quantitative estimate of drug-likeness (QED) is 0.790. The van der Waals surface area contributed by atoms with Crippen molar-refractivity contribution in [3.05, 3.63) is 29.8 Å². The van der Waals surface area contributed by atoms with E-state index in [0.29, 0.717) is 17.2 Å². The Kier molecular flexibility index (Phi) is 7.02. The number of carbonyl (C=O) groups excluding carboxylic acids is 2. The number of nitrogens with one attached hydrogen (secondary N) is 1. The lowest BCUT2D eigenvalue weighted by Crippen LogP contribution is -2.46. The van der Waals surface area contributed by atoms with Gasteiger partial charge in [0.05, 0.1) is 11.6 Å². The van der Waals surface area contributed by atoms with E-state index < -0.39 is 18.2 Å². The summed E-state index contributed by atoms with van der Waals surface area (Å²) < 4.78 is 10.7. The zero-order valence-electron chi connectivity index (χ0n) is 15.5. The molecule has 1 fully saturated rings. The van der Waals surface area contributed by atoms with Crippen LogP contribution in [-0.2, 0) is 14.3 Å². The highest BCUT2D eigenvalue weighted by atomic mass is 16.6. The first-order valence-electron chi connectivity index (χ1n) is 9.08. The SMILES string of the molecule is C[C@@H]1CCCC[C@H]1NC(=O)[C@@H](C)OC(=O)[C@@H](C)Oc1ccc(C#N)cc1. The van der Waals surface area contributed by atoms with Crippen molar-refractivity contribution in [3.63, 3.8) is 0 Å². The molecule has 1 aliphatic carbocycles. The summed E-state index contributed by atoms with van der Waals surface area (Å²) in [5.74, 6) is 0.0206. The summed E-state index contributed by atoms with van der Waals surface area (Å²) >= 11 is 0. The van der Waals surface area contributed by atoms with Gasteiger partial charge in [0.1, 0.15) is 5.75 Å². The fourth-order valence-electron chi connectivity index (χ4n) is 3.01. The second-order valence-corrected chi connectivity index (χ2v) is 6.85. The van der Waals surface area contributed by atoms with Crippen LogP contribution < -0.4 is 10.1 Å². The second-order valence-electron chi connectivity index (χ2n) is 6.85. The molecule has 0 heterocycles. The molecule has 1 aliphatic rings. The number of hydrogen-bond acceptors (Lipinski definition) is 5. The van der Waals surface area contributed by atoms with Crippen molar-refractivity contribution in [3.8, 4) is 11.8 Å². The van der Waals surface area contributed by atoms with Gasteiger partial charge in [-0.2, -0.15) is 5.26 Å². The zero-order chi connectivity index (χ0) is 19.1. The van der Waals surface area contributed by atoms with Crippen molar-refractivity contribution < 1.29 is 19.1 Å². The number of carbonyl (C=O) groups is 2. The minimum Gasteiger partial charge on any atom is -0.479 e. The van der Waals surface area contributed by atoms with Crippen LogP contribution in [0.2, 0.25) is 0 Å². The molecule has 0 spiro atoms. The fourth-order valence-corrected chi connectivity index (χ4v) is 3.01. The fraction of sp³-hybridized carbons (Fsp3) is 0.550. The third-order valence-electron chi connectivity index (χ3n) is 4.73. The average Bonchev–Trinajstić information content (AvgIpc) is 2.64. The topological polar surface area (TPSA) is 88.4 Å². The van der Waals surface area contributed by atoms with Crippen LogP contribution >= 0.6 is 0 Å². The second kappa shape index (κ2) is 9.23. The number of rotatable bonds is 6. The largest absolute Gasteiger partial charge is 0.479 e. The van der Waals surface area contributed by atoms with Crippen LogP contribution in [0.4, 0.5) is 0 Å². The summed E-state index contributed by atoms with van der Waals surface area (Å²) in [5, 5.41) is 11.8. The summed E-state index contributed by atoms with van der Waals surface area (Å²) in [5.41, 5.74) is 0.509. The molecular weight excluding hydrogens is 332 g/mol. The van der Waals surface area contributed by atoms with Crippen molar-refractivity contribution in [2.24, 2.45) is 5.92 Å². The molecule has 0 unspecified atom stereocenters. The molecule has 0 saturated heterocycles. The summed E-state index contributed by atoms with van der Waals surface area (Å²) in [4.78, 5) is 24.4. The first kappa shape index (κ1) is 19.8. The molecule has 1 N–H and O–H groups in total. The molecule has 0 aliphatic heterocycles. The lowest BCUT2D eigenvalue weighted by atomic mass is 9.86. The average molecular weight is 358 g/mol. The van der Waals surface area contributed by atoms with Gasteiger partial charge in [-0.25, -0.2) is 4.79 Å². The van der Waals surface area contributed by atoms with E-state index in [2.05, 4.69) is 12.2 Å². The van der Waals surface area contributed by atoms with Gasteiger partial charge >= 0.3 is 5.97 Å². The Bertz CT molecular complexity index is 665. The Morgan fingerprint density at radius 1 is 1.15 bits per heavy atom. The van der Waals surface area contributed by atoms with Gasteiger partial charge in [0.2, 0.25) is 0 Å². The van der Waals surface area contributed by atoms with E-state index in [0.717, 1.165) is 19.3 Å². The molecule has 6 nitrogen and oxygen atoms in total. The first-order valence-corrected chi connectivity index (χ1v) is 9.08. The van der Waals surface area contributed by atoms with E-state index in [4.69, 9.17) is 14.7 Å². The van der Waals surface area contributed by atoms with Gasteiger partial charge in [-0.1, -0.05) is 19.8 Å². The highest BCUT2D eigenvalue weighted by Gasteiger charge is 2.27. The smallest absolute Gasteiger partial charge is 0.347 e. The van der Waals surface area contributed by atoms with Crippen molar-refractivity contribution in [1.29, 1.82) is 5.26 Å². The van der Waals surface area contributed by atoms with E-state index in [1.54, 1.807) is 38.1 Å². The van der Waals surface area contributed by atoms with Crippen LogP contribution in [0.3, 0.4) is 0 Å². The Morgan fingerprint density at radius 2 is 1.81 bits per heavy atom. The van der Waals surface area contributed by atoms with Crippen LogP contribution in [0, 0.1) is 17.2 Å². The van der Waals surface area contributed by atoms with Gasteiger partial charge in [0.15, 0.2) is 12.2 Å². The maximum absolute atomic E-state index is 12.3. The molecule has 1 amide bonds. The van der Waals surface area contributed by atoms with Crippen LogP contribution in [0.25, 0.3) is 0 Å². The van der Waals surface area contributed by atoms with Crippen molar-refractivity contribution in [2.75, 3.05) is 0 Å². The molecule has 0 radical (unpaired) electrons. The molecule has 26 heavy (non-hydrogen) atoms. The van der Waals surface area contributed by atoms with Gasteiger partial charge in [0, 0.05) is 6.04 Å². The third-order valence-corrected chi connectivity index (χ3v) is 4.73. The highest BCUT2D eigenvalue weighted by molar-refractivity contribution is 5.84. The molecule has 0 bridgehead atoms. The van der Waals surface area contributed by atoms with Gasteiger partial charge < -0.3 is 14.8 Å². The zero-order valence-corrected chi connectivity index (χ0v) is 15.5. The van der Waals surface area contributed by atoms with Crippen LogP contribution in [0.5, 0.6) is 5.75 Å². The lowest BCUT2D eigenvalue weighted by Gasteiger charge is -2.30. The van der Waals surface area contributed by atoms with E-state index in [-0.39, 0.29) is 11.9 Å². The van der Waals surface area contributed by atoms with Crippen molar-refractivity contribution >= 4 is 11.9 Å². The van der Waals surface area contributed by atoms with Crippen molar-refractivity contribution in [1.82, 2.24) is 5.32 Å². The Labute approximate surface area is 154 Å². The summed E-state index contributed by atoms with van der Waals surface area (Å²) in [7, 11) is 0. The number of esters is 1.